The van der Waals surface area contributed by atoms with Gasteiger partial charge in [-0.05, 0) is 38.1 Å². The summed E-state index contributed by atoms with van der Waals surface area (Å²) in [6, 6.07) is 15.4. The predicted octanol–water partition coefficient (Wildman–Crippen LogP) is 2.42. The van der Waals surface area contributed by atoms with Crippen LogP contribution in [0.3, 0.4) is 0 Å². The lowest BCUT2D eigenvalue weighted by atomic mass is 9.92. The fourth-order valence-corrected chi connectivity index (χ4v) is 4.11. The second-order valence-corrected chi connectivity index (χ2v) is 7.90. The summed E-state index contributed by atoms with van der Waals surface area (Å²) in [6.07, 6.45) is 0. The Morgan fingerprint density at radius 1 is 1.03 bits per heavy atom. The first-order valence-corrected chi connectivity index (χ1v) is 10.6. The van der Waals surface area contributed by atoms with Crippen molar-refractivity contribution in [3.8, 4) is 17.2 Å². The number of anilines is 1. The first-order chi connectivity index (χ1) is 16.7. The molecule has 3 amide bonds. The van der Waals surface area contributed by atoms with Gasteiger partial charge in [0.1, 0.15) is 12.2 Å². The van der Waals surface area contributed by atoms with Crippen molar-refractivity contribution in [1.82, 2.24) is 14.8 Å². The highest BCUT2D eigenvalue weighted by atomic mass is 16.2. The Kier molecular flexibility index (Phi) is 5.99. The summed E-state index contributed by atoms with van der Waals surface area (Å²) in [6.45, 7) is 3.25. The molecule has 4 rings (SSSR count). The van der Waals surface area contributed by atoms with Crippen LogP contribution in [-0.4, -0.2) is 32.5 Å². The summed E-state index contributed by atoms with van der Waals surface area (Å²) in [4.78, 5) is 42.0. The van der Waals surface area contributed by atoms with Gasteiger partial charge < -0.3 is 16.8 Å². The van der Waals surface area contributed by atoms with Gasteiger partial charge in [-0.3, -0.25) is 19.1 Å². The third kappa shape index (κ3) is 4.30. The van der Waals surface area contributed by atoms with E-state index in [-0.39, 0.29) is 29.3 Å². The van der Waals surface area contributed by atoms with Gasteiger partial charge in [0.2, 0.25) is 11.8 Å². The summed E-state index contributed by atoms with van der Waals surface area (Å²) in [5, 5.41) is 16.7. The molecule has 10 nitrogen and oxygen atoms in total. The molecule has 0 radical (unpaired) electrons. The number of aromatic nitrogens is 3. The molecular formula is C25H21N7O3. The van der Waals surface area contributed by atoms with Crippen LogP contribution in [0.4, 0.5) is 5.69 Å². The maximum absolute atomic E-state index is 12.7. The summed E-state index contributed by atoms with van der Waals surface area (Å²) in [5.41, 5.74) is 14.3. The molecule has 0 aliphatic heterocycles. The first-order valence-electron chi connectivity index (χ1n) is 10.6. The van der Waals surface area contributed by atoms with E-state index in [0.29, 0.717) is 39.1 Å². The van der Waals surface area contributed by atoms with E-state index in [9.17, 15) is 14.4 Å². The number of nitriles is 1. The quantitative estimate of drug-likeness (QED) is 0.393. The number of fused-ring (bicyclic) bond motifs is 1. The minimum Gasteiger partial charge on any atom is -0.366 e. The third-order valence-electron chi connectivity index (χ3n) is 5.57. The molecule has 174 valence electrons. The predicted molar refractivity (Wildman–Crippen MR) is 129 cm³/mol. The lowest BCUT2D eigenvalue weighted by Crippen LogP contribution is -2.21. The number of nitrogens with two attached hydrogens (primary N) is 2. The second-order valence-electron chi connectivity index (χ2n) is 7.90. The fraction of sp³-hybridized carbons (Fsp3) is 0.120. The average molecular weight is 467 g/mol. The van der Waals surface area contributed by atoms with E-state index < -0.39 is 11.8 Å². The van der Waals surface area contributed by atoms with Crippen LogP contribution in [0.1, 0.15) is 37.8 Å². The van der Waals surface area contributed by atoms with Gasteiger partial charge in [0.25, 0.3) is 5.91 Å². The van der Waals surface area contributed by atoms with Gasteiger partial charge in [-0.2, -0.15) is 10.4 Å². The van der Waals surface area contributed by atoms with Gasteiger partial charge >= 0.3 is 0 Å². The second kappa shape index (κ2) is 9.07. The normalized spacial score (nSPS) is 10.7. The van der Waals surface area contributed by atoms with Crippen molar-refractivity contribution in [1.29, 1.82) is 5.26 Å². The monoisotopic (exact) mass is 467 g/mol. The summed E-state index contributed by atoms with van der Waals surface area (Å²) in [7, 11) is 0. The van der Waals surface area contributed by atoms with Crippen LogP contribution in [0.2, 0.25) is 0 Å². The minimum absolute atomic E-state index is 0.105. The number of carbonyl (C=O) groups excluding carboxylic acids is 3. The van der Waals surface area contributed by atoms with E-state index in [0.717, 1.165) is 0 Å². The number of nitrogens with one attached hydrogen (secondary N) is 1. The van der Waals surface area contributed by atoms with Crippen molar-refractivity contribution in [2.45, 2.75) is 20.4 Å². The molecule has 10 heteroatoms. The van der Waals surface area contributed by atoms with E-state index in [4.69, 9.17) is 16.7 Å². The van der Waals surface area contributed by atoms with Crippen LogP contribution in [0.25, 0.3) is 22.0 Å². The van der Waals surface area contributed by atoms with Gasteiger partial charge in [0, 0.05) is 27.9 Å². The Hall–Kier alpha value is -5.04. The molecule has 4 aromatic rings. The van der Waals surface area contributed by atoms with Crippen LogP contribution in [0, 0.1) is 25.2 Å². The standard InChI is InChI=1S/C25H21N7O3/c1-13-20(14(2)32(31-13)12-19(33)29-16-7-5-6-15(10-16)11-26)22-21(24(27)34)17-8-3-4-9-18(17)30-23(22)25(28)35/h3-10H,12H2,1-2H3,(H2,27,34)(H2,28,35)(H,29,33). The highest BCUT2D eigenvalue weighted by Crippen LogP contribution is 2.36. The number of benzene rings is 2. The highest BCUT2D eigenvalue weighted by Gasteiger charge is 2.27. The topological polar surface area (TPSA) is 170 Å². The Morgan fingerprint density at radius 3 is 2.46 bits per heavy atom. The summed E-state index contributed by atoms with van der Waals surface area (Å²) in [5.74, 6) is -1.95. The number of primary amides is 2. The Bertz CT molecular complexity index is 1560. The molecule has 5 N–H and O–H groups in total. The van der Waals surface area contributed by atoms with Gasteiger partial charge in [0.15, 0.2) is 0 Å². The zero-order valence-electron chi connectivity index (χ0n) is 19.0. The number of rotatable bonds is 6. The number of para-hydroxylation sites is 1. The Labute approximate surface area is 200 Å². The zero-order chi connectivity index (χ0) is 25.3. The molecule has 2 aromatic heterocycles. The Balaban J connectivity index is 1.81. The smallest absolute Gasteiger partial charge is 0.267 e. The lowest BCUT2D eigenvalue weighted by Gasteiger charge is -2.14. The Morgan fingerprint density at radius 2 is 1.77 bits per heavy atom. The lowest BCUT2D eigenvalue weighted by molar-refractivity contribution is -0.116. The molecule has 35 heavy (non-hydrogen) atoms. The molecule has 0 spiro atoms. The number of amides is 3. The summed E-state index contributed by atoms with van der Waals surface area (Å²) < 4.78 is 1.46. The molecule has 2 aromatic carbocycles. The molecule has 0 unspecified atom stereocenters. The van der Waals surface area contributed by atoms with Crippen molar-refractivity contribution >= 4 is 34.3 Å². The molecule has 0 bridgehead atoms. The van der Waals surface area contributed by atoms with Crippen LogP contribution in [0.5, 0.6) is 0 Å². The molecule has 0 saturated heterocycles. The maximum atomic E-state index is 12.7. The number of nitrogens with zero attached hydrogens (tertiary/aromatic N) is 4. The number of hydrogen-bond donors (Lipinski definition) is 3. The van der Waals surface area contributed by atoms with Gasteiger partial charge in [-0.15, -0.1) is 0 Å². The largest absolute Gasteiger partial charge is 0.366 e. The minimum atomic E-state index is -0.824. The van der Waals surface area contributed by atoms with E-state index in [1.54, 1.807) is 62.4 Å². The number of carbonyl (C=O) groups is 3. The number of hydrogen-bond acceptors (Lipinski definition) is 6. The van der Waals surface area contributed by atoms with Crippen LogP contribution in [0.15, 0.2) is 48.5 Å². The van der Waals surface area contributed by atoms with Crippen molar-refractivity contribution in [2.24, 2.45) is 11.5 Å². The fourth-order valence-electron chi connectivity index (χ4n) is 4.11. The highest BCUT2D eigenvalue weighted by molar-refractivity contribution is 6.15. The average Bonchev–Trinajstić information content (AvgIpc) is 3.09. The van der Waals surface area contributed by atoms with Crippen molar-refractivity contribution in [3.05, 3.63) is 76.7 Å². The molecule has 0 aliphatic rings. The molecule has 0 saturated carbocycles. The van der Waals surface area contributed by atoms with Crippen molar-refractivity contribution in [3.63, 3.8) is 0 Å². The molecule has 0 aliphatic carbocycles. The van der Waals surface area contributed by atoms with Crippen LogP contribution in [-0.2, 0) is 11.3 Å². The number of pyridine rings is 1. The van der Waals surface area contributed by atoms with E-state index in [1.807, 2.05) is 6.07 Å². The maximum Gasteiger partial charge on any atom is 0.267 e. The van der Waals surface area contributed by atoms with E-state index >= 15 is 0 Å². The van der Waals surface area contributed by atoms with E-state index in [1.165, 1.54) is 4.68 Å². The van der Waals surface area contributed by atoms with Gasteiger partial charge in [0.05, 0.1) is 28.4 Å². The first kappa shape index (κ1) is 23.1. The molecular weight excluding hydrogens is 446 g/mol. The molecule has 2 heterocycles. The van der Waals surface area contributed by atoms with Crippen molar-refractivity contribution in [2.75, 3.05) is 5.32 Å². The molecule has 0 fully saturated rings. The van der Waals surface area contributed by atoms with Crippen molar-refractivity contribution < 1.29 is 14.4 Å². The zero-order valence-corrected chi connectivity index (χ0v) is 19.0. The number of aryl methyl sites for hydroxylation is 1. The summed E-state index contributed by atoms with van der Waals surface area (Å²) >= 11 is 0. The molecule has 0 atom stereocenters. The SMILES string of the molecule is Cc1nn(CC(=O)Nc2cccc(C#N)c2)c(C)c1-c1c(C(N)=O)nc2ccccc2c1C(N)=O. The van der Waals surface area contributed by atoms with Crippen LogP contribution < -0.4 is 16.8 Å². The van der Waals surface area contributed by atoms with Crippen LogP contribution >= 0.6 is 0 Å². The van der Waals surface area contributed by atoms with Gasteiger partial charge in [-0.25, -0.2) is 4.98 Å². The van der Waals surface area contributed by atoms with Gasteiger partial charge in [-0.1, -0.05) is 24.3 Å². The van der Waals surface area contributed by atoms with E-state index in [2.05, 4.69) is 15.4 Å². The third-order valence-corrected chi connectivity index (χ3v) is 5.57.